The SMILES string of the molecule is COC(=O)C(Cc1ccc(C)cc1)NC(=O)c1ccccc1F.COC(=O)C(Cc1ccc(C)cc1)NC(=S)c1ccccc1F. The molecule has 0 fully saturated rings. The molecule has 4 aromatic rings. The third-order valence-corrected chi connectivity index (χ3v) is 7.28. The second-order valence-corrected chi connectivity index (χ2v) is 10.8. The van der Waals surface area contributed by atoms with Crippen molar-refractivity contribution in [1.29, 1.82) is 0 Å². The summed E-state index contributed by atoms with van der Waals surface area (Å²) in [5.41, 5.74) is 4.23. The summed E-state index contributed by atoms with van der Waals surface area (Å²) in [5, 5.41) is 5.44. The minimum absolute atomic E-state index is 0.106. The molecule has 0 saturated carbocycles. The third-order valence-electron chi connectivity index (χ3n) is 6.94. The molecule has 0 radical (unpaired) electrons. The topological polar surface area (TPSA) is 93.7 Å². The maximum absolute atomic E-state index is 13.8. The first-order valence-corrected chi connectivity index (χ1v) is 14.8. The smallest absolute Gasteiger partial charge is 0.328 e. The predicted molar refractivity (Wildman–Crippen MR) is 176 cm³/mol. The fraction of sp³-hybridized carbons (Fsp3) is 0.222. The van der Waals surface area contributed by atoms with E-state index in [4.69, 9.17) is 21.7 Å². The largest absolute Gasteiger partial charge is 0.467 e. The van der Waals surface area contributed by atoms with Crippen molar-refractivity contribution in [2.75, 3.05) is 14.2 Å². The van der Waals surface area contributed by atoms with Crippen LogP contribution >= 0.6 is 12.2 Å². The number of rotatable bonds is 10. The Balaban J connectivity index is 0.000000250. The van der Waals surface area contributed by atoms with Crippen LogP contribution < -0.4 is 10.6 Å². The molecule has 0 bridgehead atoms. The molecule has 46 heavy (non-hydrogen) atoms. The number of hydrogen-bond donors (Lipinski definition) is 2. The van der Waals surface area contributed by atoms with Gasteiger partial charge in [0.1, 0.15) is 28.7 Å². The molecule has 0 spiro atoms. The molecule has 2 atom stereocenters. The predicted octanol–water partition coefficient (Wildman–Crippen LogP) is 5.83. The Kier molecular flexibility index (Phi) is 13.5. The highest BCUT2D eigenvalue weighted by Gasteiger charge is 2.24. The fourth-order valence-electron chi connectivity index (χ4n) is 4.35. The molecule has 0 saturated heterocycles. The lowest BCUT2D eigenvalue weighted by Crippen LogP contribution is -2.43. The number of hydrogen-bond acceptors (Lipinski definition) is 6. The van der Waals surface area contributed by atoms with Crippen molar-refractivity contribution in [2.45, 2.75) is 38.8 Å². The highest BCUT2D eigenvalue weighted by molar-refractivity contribution is 7.80. The molecule has 0 aliphatic rings. The molecule has 0 aromatic heterocycles. The molecule has 4 rings (SSSR count). The average Bonchev–Trinajstić information content (AvgIpc) is 3.06. The summed E-state index contributed by atoms with van der Waals surface area (Å²) in [6, 6.07) is 25.7. The Hall–Kier alpha value is -4.96. The molecule has 0 aliphatic heterocycles. The maximum Gasteiger partial charge on any atom is 0.328 e. The monoisotopic (exact) mass is 646 g/mol. The van der Waals surface area contributed by atoms with E-state index in [-0.39, 0.29) is 22.5 Å². The van der Waals surface area contributed by atoms with Crippen LogP contribution in [0.3, 0.4) is 0 Å². The van der Waals surface area contributed by atoms with Gasteiger partial charge in [0.2, 0.25) is 0 Å². The number of nitrogens with one attached hydrogen (secondary N) is 2. The van der Waals surface area contributed by atoms with Gasteiger partial charge in [-0.3, -0.25) is 4.79 Å². The van der Waals surface area contributed by atoms with Gasteiger partial charge < -0.3 is 20.1 Å². The van der Waals surface area contributed by atoms with Crippen LogP contribution in [0, 0.1) is 25.5 Å². The molecule has 1 amide bonds. The number of methoxy groups -OCH3 is 2. The van der Waals surface area contributed by atoms with Gasteiger partial charge in [-0.2, -0.15) is 0 Å². The zero-order valence-corrected chi connectivity index (χ0v) is 26.8. The number of esters is 2. The summed E-state index contributed by atoms with van der Waals surface area (Å²) in [4.78, 5) is 36.3. The van der Waals surface area contributed by atoms with E-state index in [1.807, 2.05) is 62.4 Å². The van der Waals surface area contributed by atoms with Gasteiger partial charge in [-0.15, -0.1) is 0 Å². The lowest BCUT2D eigenvalue weighted by atomic mass is 10.0. The normalized spacial score (nSPS) is 11.6. The van der Waals surface area contributed by atoms with E-state index in [2.05, 4.69) is 10.6 Å². The Labute approximate surface area is 272 Å². The second-order valence-electron chi connectivity index (χ2n) is 10.4. The van der Waals surface area contributed by atoms with Crippen molar-refractivity contribution in [3.8, 4) is 0 Å². The van der Waals surface area contributed by atoms with Crippen LogP contribution in [0.5, 0.6) is 0 Å². The molecule has 2 unspecified atom stereocenters. The number of halogens is 2. The van der Waals surface area contributed by atoms with Crippen molar-refractivity contribution < 1.29 is 32.6 Å². The van der Waals surface area contributed by atoms with E-state index < -0.39 is 41.6 Å². The molecule has 7 nitrogen and oxygen atoms in total. The molecule has 2 N–H and O–H groups in total. The van der Waals surface area contributed by atoms with Gasteiger partial charge in [-0.05, 0) is 49.2 Å². The Morgan fingerprint density at radius 1 is 0.630 bits per heavy atom. The summed E-state index contributed by atoms with van der Waals surface area (Å²) in [6.07, 6.45) is 0.675. The summed E-state index contributed by atoms with van der Waals surface area (Å²) in [5.74, 6) is -2.72. The Bertz CT molecular complexity index is 1520. The second kappa shape index (κ2) is 17.5. The molecule has 0 heterocycles. The highest BCUT2D eigenvalue weighted by Crippen LogP contribution is 2.12. The average molecular weight is 647 g/mol. The lowest BCUT2D eigenvalue weighted by molar-refractivity contribution is -0.143. The molecule has 0 aliphatic carbocycles. The maximum atomic E-state index is 13.8. The van der Waals surface area contributed by atoms with Crippen molar-refractivity contribution in [1.82, 2.24) is 10.6 Å². The van der Waals surface area contributed by atoms with Crippen LogP contribution in [0.2, 0.25) is 0 Å². The van der Waals surface area contributed by atoms with Crippen LogP contribution in [0.4, 0.5) is 8.78 Å². The summed E-state index contributed by atoms with van der Waals surface area (Å²) in [6.45, 7) is 3.95. The van der Waals surface area contributed by atoms with E-state index >= 15 is 0 Å². The highest BCUT2D eigenvalue weighted by atomic mass is 32.1. The minimum atomic E-state index is -0.880. The molecular weight excluding hydrogens is 610 g/mol. The van der Waals surface area contributed by atoms with E-state index in [0.29, 0.717) is 6.42 Å². The van der Waals surface area contributed by atoms with E-state index in [1.54, 1.807) is 24.3 Å². The molecular formula is C36H36F2N2O5S. The number of benzene rings is 4. The molecule has 4 aromatic carbocycles. The van der Waals surface area contributed by atoms with E-state index in [9.17, 15) is 23.2 Å². The number of carbonyl (C=O) groups excluding carboxylic acids is 3. The Morgan fingerprint density at radius 3 is 1.43 bits per heavy atom. The summed E-state index contributed by atoms with van der Waals surface area (Å²) < 4.78 is 37.0. The summed E-state index contributed by atoms with van der Waals surface area (Å²) >= 11 is 5.23. The molecule has 10 heteroatoms. The van der Waals surface area contributed by atoms with E-state index in [0.717, 1.165) is 22.3 Å². The number of carbonyl (C=O) groups is 3. The van der Waals surface area contributed by atoms with Crippen molar-refractivity contribution in [3.05, 3.63) is 142 Å². The van der Waals surface area contributed by atoms with E-state index in [1.165, 1.54) is 38.5 Å². The summed E-state index contributed by atoms with van der Waals surface area (Å²) in [7, 11) is 2.57. The number of amides is 1. The van der Waals surface area contributed by atoms with Crippen molar-refractivity contribution in [3.63, 3.8) is 0 Å². The number of ether oxygens (including phenoxy) is 2. The number of thiocarbonyl (C=S) groups is 1. The first-order valence-electron chi connectivity index (χ1n) is 14.4. The zero-order chi connectivity index (χ0) is 33.6. The number of aryl methyl sites for hydroxylation is 2. The van der Waals surface area contributed by atoms with Gasteiger partial charge in [0, 0.05) is 18.4 Å². The minimum Gasteiger partial charge on any atom is -0.467 e. The van der Waals surface area contributed by atoms with Crippen LogP contribution in [-0.4, -0.2) is 49.1 Å². The first kappa shape index (κ1) is 35.5. The molecule has 240 valence electrons. The van der Waals surface area contributed by atoms with Gasteiger partial charge in [-0.25, -0.2) is 18.4 Å². The lowest BCUT2D eigenvalue weighted by Gasteiger charge is -2.18. The first-order chi connectivity index (χ1) is 22.0. The van der Waals surface area contributed by atoms with Gasteiger partial charge in [-0.1, -0.05) is 96.1 Å². The van der Waals surface area contributed by atoms with Crippen LogP contribution in [0.15, 0.2) is 97.1 Å². The quantitative estimate of drug-likeness (QED) is 0.165. The van der Waals surface area contributed by atoms with Crippen LogP contribution in [0.25, 0.3) is 0 Å². The fourth-order valence-corrected chi connectivity index (χ4v) is 4.66. The van der Waals surface area contributed by atoms with Gasteiger partial charge in [0.05, 0.1) is 19.8 Å². The van der Waals surface area contributed by atoms with Crippen LogP contribution in [0.1, 0.15) is 38.2 Å². The van der Waals surface area contributed by atoms with Gasteiger partial charge in [0.25, 0.3) is 5.91 Å². The third kappa shape index (κ3) is 10.6. The van der Waals surface area contributed by atoms with Crippen molar-refractivity contribution >= 4 is 35.1 Å². The van der Waals surface area contributed by atoms with Gasteiger partial charge in [0.15, 0.2) is 0 Å². The van der Waals surface area contributed by atoms with Crippen molar-refractivity contribution in [2.24, 2.45) is 0 Å². The Morgan fingerprint density at radius 2 is 1.02 bits per heavy atom. The zero-order valence-electron chi connectivity index (χ0n) is 26.0. The van der Waals surface area contributed by atoms with Gasteiger partial charge >= 0.3 is 11.9 Å². The van der Waals surface area contributed by atoms with Crippen LogP contribution in [-0.2, 0) is 31.9 Å². The standard InChI is InChI=1S/C18H18FNO3.C18H18FNO2S/c1-12-7-9-13(10-8-12)11-16(18(22)23-2)20-17(21)14-5-3-4-6-15(14)19;1-12-7-9-13(10-8-12)11-16(18(21)22-2)20-17(23)14-5-3-4-6-15(14)19/h3-10,16H,11H2,1-2H3,(H,20,21);3-10,16H,11H2,1-2H3,(H,20,23).